The van der Waals surface area contributed by atoms with E-state index in [-0.39, 0.29) is 5.92 Å². The standard InChI is InChI=1S/C29H45N3O15/c1-11(2)5-4-6-16(35)30-18-22(40)20(38)14(44-28(18)47-27-12(3)19(37)21(39)15(10-33)45-27)9-13(34)25-23(41)24(42)26(46-25)32-8-7-17(36)31-29(32)43/h4,6-8,11-15,18-28,33-34,37-42H,5,9-10H2,1-3H3,(H,30,35)(H,31,36,43)/b6-4+/t12?,13-,14-,15+,18-,19?,20?,21-,22?,23+,24-,25?,26-,27-,28+/m1/s1. The molecule has 1 amide bonds. The van der Waals surface area contributed by atoms with Crippen LogP contribution >= 0.6 is 0 Å². The Hall–Kier alpha value is -2.59. The summed E-state index contributed by atoms with van der Waals surface area (Å²) in [7, 11) is 0. The molecular weight excluding hydrogens is 630 g/mol. The molecular formula is C29H45N3O15. The zero-order valence-corrected chi connectivity index (χ0v) is 26.1. The molecule has 18 heteroatoms. The van der Waals surface area contributed by atoms with Crippen LogP contribution in [0.25, 0.3) is 0 Å². The fourth-order valence-corrected chi connectivity index (χ4v) is 5.80. The van der Waals surface area contributed by atoms with Gasteiger partial charge in [-0.1, -0.05) is 26.8 Å². The maximum Gasteiger partial charge on any atom is 0.330 e. The zero-order chi connectivity index (χ0) is 34.7. The van der Waals surface area contributed by atoms with Crippen LogP contribution in [0.15, 0.2) is 34.0 Å². The van der Waals surface area contributed by atoms with E-state index in [9.17, 15) is 55.2 Å². The van der Waals surface area contributed by atoms with Crippen molar-refractivity contribution in [2.75, 3.05) is 6.61 Å². The first-order chi connectivity index (χ1) is 22.1. The third-order valence-electron chi connectivity index (χ3n) is 8.60. The van der Waals surface area contributed by atoms with Crippen molar-refractivity contribution < 1.29 is 64.6 Å². The number of nitrogens with one attached hydrogen (secondary N) is 2. The summed E-state index contributed by atoms with van der Waals surface area (Å²) in [5.41, 5.74) is -1.65. The summed E-state index contributed by atoms with van der Waals surface area (Å²) < 4.78 is 23.9. The molecule has 47 heavy (non-hydrogen) atoms. The van der Waals surface area contributed by atoms with Crippen molar-refractivity contribution in [3.05, 3.63) is 45.3 Å². The number of hydrogen-bond acceptors (Lipinski definition) is 15. The monoisotopic (exact) mass is 675 g/mol. The molecule has 0 radical (unpaired) electrons. The molecule has 0 spiro atoms. The van der Waals surface area contributed by atoms with Crippen LogP contribution in [0.2, 0.25) is 0 Å². The Morgan fingerprint density at radius 3 is 2.28 bits per heavy atom. The molecule has 0 aromatic carbocycles. The number of H-pyrrole nitrogens is 1. The Morgan fingerprint density at radius 1 is 0.979 bits per heavy atom. The SMILES string of the molecule is CC(C)C/C=C/C(=O)N[C@@H]1C(O)C(O)[C@@H](C[C@@H](O)C2O[C@@H](n3ccc(=O)[nH]c3=O)[C@H](O)[C@@H]2O)O[C@H]1O[C@H]1O[C@@H](CO)[C@@H](O)C(O)C1C. The van der Waals surface area contributed by atoms with Crippen molar-refractivity contribution in [2.24, 2.45) is 11.8 Å². The van der Waals surface area contributed by atoms with Crippen LogP contribution in [0.3, 0.4) is 0 Å². The van der Waals surface area contributed by atoms with E-state index >= 15 is 0 Å². The number of amides is 1. The number of nitrogens with zero attached hydrogens (tertiary/aromatic N) is 1. The molecule has 5 unspecified atom stereocenters. The molecule has 15 atom stereocenters. The summed E-state index contributed by atoms with van der Waals surface area (Å²) in [6.07, 6.45) is -16.2. The molecule has 1 aromatic rings. The smallest absolute Gasteiger partial charge is 0.330 e. The van der Waals surface area contributed by atoms with Crippen molar-refractivity contribution in [3.63, 3.8) is 0 Å². The molecule has 4 rings (SSSR count). The predicted molar refractivity (Wildman–Crippen MR) is 157 cm³/mol. The highest BCUT2D eigenvalue weighted by Crippen LogP contribution is 2.35. The Kier molecular flexibility index (Phi) is 12.5. The molecule has 0 saturated carbocycles. The van der Waals surface area contributed by atoms with Gasteiger partial charge >= 0.3 is 5.69 Å². The fourth-order valence-electron chi connectivity index (χ4n) is 5.80. The first-order valence-electron chi connectivity index (χ1n) is 15.4. The summed E-state index contributed by atoms with van der Waals surface area (Å²) >= 11 is 0. The molecule has 3 saturated heterocycles. The van der Waals surface area contributed by atoms with Gasteiger partial charge in [-0.3, -0.25) is 19.1 Å². The summed E-state index contributed by atoms with van der Waals surface area (Å²) in [5.74, 6) is -1.29. The van der Waals surface area contributed by atoms with Crippen LogP contribution in [-0.4, -0.2) is 143 Å². The number of carbonyl (C=O) groups excluding carboxylic acids is 1. The van der Waals surface area contributed by atoms with Crippen LogP contribution in [0, 0.1) is 11.8 Å². The van der Waals surface area contributed by atoms with Gasteiger partial charge in [0, 0.05) is 24.6 Å². The highest BCUT2D eigenvalue weighted by atomic mass is 16.8. The Labute approximate surface area is 268 Å². The lowest BCUT2D eigenvalue weighted by atomic mass is 9.90. The van der Waals surface area contributed by atoms with Crippen LogP contribution < -0.4 is 16.6 Å². The number of aliphatic hydroxyl groups excluding tert-OH is 8. The number of allylic oxidation sites excluding steroid dienone is 1. The van der Waals surface area contributed by atoms with E-state index in [1.54, 1.807) is 6.08 Å². The largest absolute Gasteiger partial charge is 0.394 e. The first-order valence-corrected chi connectivity index (χ1v) is 15.4. The van der Waals surface area contributed by atoms with Crippen molar-refractivity contribution in [2.45, 2.75) is 120 Å². The third-order valence-corrected chi connectivity index (χ3v) is 8.60. The van der Waals surface area contributed by atoms with Gasteiger partial charge in [-0.2, -0.15) is 0 Å². The molecule has 0 bridgehead atoms. The number of hydrogen-bond donors (Lipinski definition) is 10. The van der Waals surface area contributed by atoms with E-state index in [1.165, 1.54) is 13.0 Å². The number of aromatic nitrogens is 2. The lowest BCUT2D eigenvalue weighted by Crippen LogP contribution is -2.66. The fraction of sp³-hybridized carbons (Fsp3) is 0.759. The van der Waals surface area contributed by atoms with Crippen molar-refractivity contribution in [3.8, 4) is 0 Å². The number of aliphatic hydroxyl groups is 8. The zero-order valence-electron chi connectivity index (χ0n) is 26.1. The molecule has 0 aliphatic carbocycles. The number of rotatable bonds is 11. The highest BCUT2D eigenvalue weighted by molar-refractivity contribution is 5.87. The van der Waals surface area contributed by atoms with Gasteiger partial charge in [-0.25, -0.2) is 4.79 Å². The number of carbonyl (C=O) groups is 1. The van der Waals surface area contributed by atoms with Crippen LogP contribution in [0.1, 0.15) is 39.8 Å². The second-order valence-electron chi connectivity index (χ2n) is 12.6. The quantitative estimate of drug-likeness (QED) is 0.0990. The minimum absolute atomic E-state index is 0.260. The van der Waals surface area contributed by atoms with Gasteiger partial charge in [-0.15, -0.1) is 0 Å². The molecule has 1 aromatic heterocycles. The van der Waals surface area contributed by atoms with Gasteiger partial charge in [0.2, 0.25) is 5.91 Å². The molecule has 10 N–H and O–H groups in total. The number of aromatic amines is 1. The van der Waals surface area contributed by atoms with E-state index in [2.05, 4.69) is 5.32 Å². The van der Waals surface area contributed by atoms with Crippen molar-refractivity contribution in [1.82, 2.24) is 14.9 Å². The molecule has 266 valence electrons. The van der Waals surface area contributed by atoms with E-state index in [0.717, 1.165) is 16.8 Å². The van der Waals surface area contributed by atoms with Crippen molar-refractivity contribution in [1.29, 1.82) is 0 Å². The van der Waals surface area contributed by atoms with Gasteiger partial charge in [0.1, 0.15) is 48.8 Å². The summed E-state index contributed by atoms with van der Waals surface area (Å²) in [6, 6.07) is -0.427. The summed E-state index contributed by atoms with van der Waals surface area (Å²) in [6.45, 7) is 4.71. The molecule has 3 aliphatic rings. The molecule has 4 heterocycles. The summed E-state index contributed by atoms with van der Waals surface area (Å²) in [4.78, 5) is 38.4. The minimum Gasteiger partial charge on any atom is -0.394 e. The van der Waals surface area contributed by atoms with Crippen molar-refractivity contribution >= 4 is 5.91 Å². The first kappa shape index (κ1) is 37.2. The lowest BCUT2D eigenvalue weighted by Gasteiger charge is -2.47. The van der Waals surface area contributed by atoms with Gasteiger partial charge in [0.05, 0.1) is 24.9 Å². The number of ether oxygens (including phenoxy) is 4. The Balaban J connectivity index is 1.53. The second-order valence-corrected chi connectivity index (χ2v) is 12.6. The normalized spacial score (nSPS) is 40.2. The van der Waals surface area contributed by atoms with E-state index in [0.29, 0.717) is 6.42 Å². The average molecular weight is 676 g/mol. The molecule has 3 aliphatic heterocycles. The predicted octanol–water partition coefficient (Wildman–Crippen LogP) is -4.47. The highest BCUT2D eigenvalue weighted by Gasteiger charge is 2.52. The van der Waals surface area contributed by atoms with E-state index in [1.807, 2.05) is 18.8 Å². The second kappa shape index (κ2) is 15.7. The van der Waals surface area contributed by atoms with Crippen LogP contribution in [-0.2, 0) is 23.7 Å². The molecule has 3 fully saturated rings. The van der Waals surface area contributed by atoms with E-state index in [4.69, 9.17) is 18.9 Å². The third kappa shape index (κ3) is 8.35. The van der Waals surface area contributed by atoms with Crippen LogP contribution in [0.4, 0.5) is 0 Å². The van der Waals surface area contributed by atoms with Gasteiger partial charge in [0.25, 0.3) is 5.56 Å². The summed E-state index contributed by atoms with van der Waals surface area (Å²) in [5, 5.41) is 87.4. The molecule has 18 nitrogen and oxygen atoms in total. The average Bonchev–Trinajstić information content (AvgIpc) is 3.31. The van der Waals surface area contributed by atoms with Gasteiger partial charge in [0.15, 0.2) is 18.8 Å². The van der Waals surface area contributed by atoms with Gasteiger partial charge < -0.3 is 65.1 Å². The lowest BCUT2D eigenvalue weighted by molar-refractivity contribution is -0.354. The Bertz CT molecular complexity index is 1340. The Morgan fingerprint density at radius 2 is 1.64 bits per heavy atom. The topological polar surface area (TPSA) is 283 Å². The van der Waals surface area contributed by atoms with E-state index < -0.39 is 122 Å². The van der Waals surface area contributed by atoms with Crippen LogP contribution in [0.5, 0.6) is 0 Å². The maximum absolute atomic E-state index is 12.7. The maximum atomic E-state index is 12.7. The minimum atomic E-state index is -1.76. The van der Waals surface area contributed by atoms with Gasteiger partial charge in [-0.05, 0) is 18.4 Å².